The van der Waals surface area contributed by atoms with Crippen molar-refractivity contribution in [2.75, 3.05) is 13.2 Å². The highest BCUT2D eigenvalue weighted by molar-refractivity contribution is 6.30. The first-order chi connectivity index (χ1) is 9.56. The quantitative estimate of drug-likeness (QED) is 0.724. The van der Waals surface area contributed by atoms with Gasteiger partial charge < -0.3 is 15.8 Å². The van der Waals surface area contributed by atoms with Crippen LogP contribution < -0.4 is 15.8 Å². The molecule has 4 nitrogen and oxygen atoms in total. The summed E-state index contributed by atoms with van der Waals surface area (Å²) >= 11 is 5.99. The lowest BCUT2D eigenvalue weighted by Crippen LogP contribution is -2.29. The average Bonchev–Trinajstić information content (AvgIpc) is 2.44. The summed E-state index contributed by atoms with van der Waals surface area (Å²) in [5.74, 6) is 0.456. The molecular formula is C15H21ClN2O2. The first-order valence-corrected chi connectivity index (χ1v) is 6.99. The number of nitrogens with two attached hydrogens (primary N) is 1. The van der Waals surface area contributed by atoms with Gasteiger partial charge in [-0.25, -0.2) is 0 Å². The smallest absolute Gasteiger partial charge is 0.258 e. The van der Waals surface area contributed by atoms with Crippen LogP contribution in [0, 0.1) is 0 Å². The Morgan fingerprint density at radius 2 is 2.35 bits per heavy atom. The number of benzene rings is 1. The van der Waals surface area contributed by atoms with Crippen LogP contribution in [0.25, 0.3) is 0 Å². The Morgan fingerprint density at radius 1 is 1.60 bits per heavy atom. The molecule has 1 atom stereocenters. The van der Waals surface area contributed by atoms with Gasteiger partial charge in [-0.3, -0.25) is 4.79 Å². The third kappa shape index (κ3) is 5.63. The van der Waals surface area contributed by atoms with E-state index in [1.807, 2.05) is 13.0 Å². The molecule has 1 unspecified atom stereocenters. The molecule has 1 rings (SSSR count). The molecule has 0 fully saturated rings. The second-order valence-corrected chi connectivity index (χ2v) is 4.94. The number of ether oxygens (including phenoxy) is 1. The highest BCUT2D eigenvalue weighted by Crippen LogP contribution is 2.24. The van der Waals surface area contributed by atoms with Gasteiger partial charge in [-0.1, -0.05) is 24.6 Å². The normalized spacial score (nSPS) is 11.8. The van der Waals surface area contributed by atoms with Gasteiger partial charge in [0.25, 0.3) is 5.91 Å². The van der Waals surface area contributed by atoms with Crippen LogP contribution in [0.5, 0.6) is 5.75 Å². The maximum Gasteiger partial charge on any atom is 0.258 e. The Morgan fingerprint density at radius 3 is 3.00 bits per heavy atom. The molecule has 0 radical (unpaired) electrons. The Bertz CT molecular complexity index is 463. The van der Waals surface area contributed by atoms with Gasteiger partial charge in [0.1, 0.15) is 5.75 Å². The zero-order chi connectivity index (χ0) is 15.0. The first kappa shape index (κ1) is 16.5. The number of carbonyl (C=O) groups is 1. The van der Waals surface area contributed by atoms with Crippen molar-refractivity contribution in [2.24, 2.45) is 5.73 Å². The Hall–Kier alpha value is -1.52. The summed E-state index contributed by atoms with van der Waals surface area (Å²) in [5, 5.41) is 3.28. The van der Waals surface area contributed by atoms with Gasteiger partial charge in [0.2, 0.25) is 0 Å². The van der Waals surface area contributed by atoms with E-state index < -0.39 is 0 Å². The van der Waals surface area contributed by atoms with E-state index in [-0.39, 0.29) is 18.6 Å². The van der Waals surface area contributed by atoms with Crippen LogP contribution in [-0.4, -0.2) is 25.1 Å². The number of hydrogen-bond acceptors (Lipinski definition) is 3. The molecule has 20 heavy (non-hydrogen) atoms. The summed E-state index contributed by atoms with van der Waals surface area (Å²) in [4.78, 5) is 11.5. The highest BCUT2D eigenvalue weighted by atomic mass is 35.5. The number of hydrogen-bond donors (Lipinski definition) is 2. The molecule has 1 aromatic rings. The maximum atomic E-state index is 11.5. The van der Waals surface area contributed by atoms with Crippen molar-refractivity contribution in [3.63, 3.8) is 0 Å². The Labute approximate surface area is 124 Å². The second-order valence-electron chi connectivity index (χ2n) is 4.51. The van der Waals surface area contributed by atoms with Gasteiger partial charge in [0.05, 0.1) is 0 Å². The Balaban J connectivity index is 2.68. The molecule has 0 aliphatic heterocycles. The standard InChI is InChI=1S/C15H21ClN2O2/c1-3-7-18-15(19)10-20-14-6-5-12(16)8-11(14)9-13(17)4-2/h3,5-6,8,13H,1,4,7,9-10,17H2,2H3,(H,18,19). The van der Waals surface area contributed by atoms with Gasteiger partial charge in [-0.05, 0) is 36.6 Å². The molecule has 0 aliphatic carbocycles. The molecular weight excluding hydrogens is 276 g/mol. The van der Waals surface area contributed by atoms with E-state index in [0.29, 0.717) is 23.7 Å². The minimum atomic E-state index is -0.189. The van der Waals surface area contributed by atoms with Gasteiger partial charge >= 0.3 is 0 Å². The first-order valence-electron chi connectivity index (χ1n) is 6.61. The fraction of sp³-hybridized carbons (Fsp3) is 0.400. The summed E-state index contributed by atoms with van der Waals surface area (Å²) in [6.07, 6.45) is 3.15. The lowest BCUT2D eigenvalue weighted by Gasteiger charge is -2.14. The van der Waals surface area contributed by atoms with Gasteiger partial charge in [-0.15, -0.1) is 6.58 Å². The largest absolute Gasteiger partial charge is 0.483 e. The fourth-order valence-corrected chi connectivity index (χ4v) is 1.85. The van der Waals surface area contributed by atoms with Crippen molar-refractivity contribution in [1.29, 1.82) is 0 Å². The Kier molecular flexibility index (Phi) is 7.12. The maximum absolute atomic E-state index is 11.5. The molecule has 0 spiro atoms. The van der Waals surface area contributed by atoms with E-state index in [2.05, 4.69) is 11.9 Å². The van der Waals surface area contributed by atoms with Crippen molar-refractivity contribution in [3.05, 3.63) is 41.4 Å². The molecule has 0 heterocycles. The van der Waals surface area contributed by atoms with Crippen molar-refractivity contribution < 1.29 is 9.53 Å². The lowest BCUT2D eigenvalue weighted by atomic mass is 10.0. The summed E-state index contributed by atoms with van der Waals surface area (Å²) in [5.41, 5.74) is 6.88. The van der Waals surface area contributed by atoms with Gasteiger partial charge in [-0.2, -0.15) is 0 Å². The summed E-state index contributed by atoms with van der Waals surface area (Å²) < 4.78 is 5.54. The van der Waals surface area contributed by atoms with Gasteiger partial charge in [0.15, 0.2) is 6.61 Å². The predicted molar refractivity (Wildman–Crippen MR) is 82.1 cm³/mol. The second kappa shape index (κ2) is 8.61. The predicted octanol–water partition coefficient (Wildman–Crippen LogP) is 2.30. The molecule has 1 aromatic carbocycles. The van der Waals surface area contributed by atoms with E-state index >= 15 is 0 Å². The third-order valence-corrected chi connectivity index (χ3v) is 3.07. The van der Waals surface area contributed by atoms with Crippen LogP contribution in [0.3, 0.4) is 0 Å². The molecule has 1 amide bonds. The van der Waals surface area contributed by atoms with E-state index in [4.69, 9.17) is 22.1 Å². The molecule has 0 aliphatic rings. The topological polar surface area (TPSA) is 64.3 Å². The van der Waals surface area contributed by atoms with Crippen molar-refractivity contribution in [3.8, 4) is 5.75 Å². The van der Waals surface area contributed by atoms with E-state index in [1.165, 1.54) is 0 Å². The van der Waals surface area contributed by atoms with Crippen LogP contribution in [-0.2, 0) is 11.2 Å². The van der Waals surface area contributed by atoms with Crippen molar-refractivity contribution >= 4 is 17.5 Å². The molecule has 0 aromatic heterocycles. The molecule has 5 heteroatoms. The van der Waals surface area contributed by atoms with Crippen molar-refractivity contribution in [1.82, 2.24) is 5.32 Å². The van der Waals surface area contributed by atoms with Crippen LogP contribution >= 0.6 is 11.6 Å². The van der Waals surface area contributed by atoms with Gasteiger partial charge in [0, 0.05) is 17.6 Å². The van der Waals surface area contributed by atoms with Crippen LogP contribution in [0.15, 0.2) is 30.9 Å². The van der Waals surface area contributed by atoms with E-state index in [9.17, 15) is 4.79 Å². The van der Waals surface area contributed by atoms with Crippen molar-refractivity contribution in [2.45, 2.75) is 25.8 Å². The number of amides is 1. The monoisotopic (exact) mass is 296 g/mol. The van der Waals surface area contributed by atoms with Crippen LogP contribution in [0.2, 0.25) is 5.02 Å². The molecule has 0 saturated carbocycles. The minimum absolute atomic E-state index is 0.0379. The molecule has 3 N–H and O–H groups in total. The third-order valence-electron chi connectivity index (χ3n) is 2.83. The number of nitrogens with one attached hydrogen (secondary N) is 1. The van der Waals surface area contributed by atoms with E-state index in [0.717, 1.165) is 12.0 Å². The van der Waals surface area contributed by atoms with E-state index in [1.54, 1.807) is 18.2 Å². The fourth-order valence-electron chi connectivity index (χ4n) is 1.66. The number of rotatable bonds is 8. The summed E-state index contributed by atoms with van der Waals surface area (Å²) in [6, 6.07) is 5.37. The lowest BCUT2D eigenvalue weighted by molar-refractivity contribution is -0.122. The van der Waals surface area contributed by atoms with Crippen LogP contribution in [0.1, 0.15) is 18.9 Å². The minimum Gasteiger partial charge on any atom is -0.483 e. The molecule has 110 valence electrons. The average molecular weight is 297 g/mol. The zero-order valence-corrected chi connectivity index (χ0v) is 12.5. The van der Waals surface area contributed by atoms with Crippen LogP contribution in [0.4, 0.5) is 0 Å². The summed E-state index contributed by atoms with van der Waals surface area (Å²) in [6.45, 7) is 5.95. The molecule has 0 bridgehead atoms. The highest BCUT2D eigenvalue weighted by Gasteiger charge is 2.10. The SMILES string of the molecule is C=CCNC(=O)COc1ccc(Cl)cc1CC(N)CC. The zero-order valence-electron chi connectivity index (χ0n) is 11.7. The summed E-state index contributed by atoms with van der Waals surface area (Å²) in [7, 11) is 0. The number of halogens is 1. The molecule has 0 saturated heterocycles. The number of carbonyl (C=O) groups excluding carboxylic acids is 1.